The van der Waals surface area contributed by atoms with Gasteiger partial charge in [-0.15, -0.1) is 0 Å². The molecular weight excluding hydrogens is 447 g/mol. The zero-order valence-electron chi connectivity index (χ0n) is 19.2. The summed E-state index contributed by atoms with van der Waals surface area (Å²) in [7, 11) is -3.40. The van der Waals surface area contributed by atoms with E-state index in [1.54, 1.807) is 25.1 Å². The van der Waals surface area contributed by atoms with Gasteiger partial charge in [-0.3, -0.25) is 0 Å². The third-order valence-electron chi connectivity index (χ3n) is 6.64. The minimum atomic E-state index is -4.12. The van der Waals surface area contributed by atoms with Gasteiger partial charge in [-0.2, -0.15) is 17.5 Å². The Balaban J connectivity index is 1.42. The average Bonchev–Trinajstić information content (AvgIpc) is 3.21. The second-order valence-electron chi connectivity index (χ2n) is 10.5. The Morgan fingerprint density at radius 3 is 2.31 bits per heavy atom. The Morgan fingerprint density at radius 2 is 1.78 bits per heavy atom. The van der Waals surface area contributed by atoms with Gasteiger partial charge in [0.1, 0.15) is 5.60 Å². The molecule has 0 radical (unpaired) electrons. The van der Waals surface area contributed by atoms with Crippen molar-refractivity contribution in [1.29, 1.82) is 0 Å². The molecule has 1 amide bonds. The number of alkyl carbamates (subject to hydrolysis) is 1. The molecule has 1 saturated carbocycles. The van der Waals surface area contributed by atoms with E-state index in [-0.39, 0.29) is 36.1 Å². The fraction of sp³-hybridized carbons (Fsp3) is 0.952. The van der Waals surface area contributed by atoms with Crippen molar-refractivity contribution in [3.8, 4) is 0 Å². The summed E-state index contributed by atoms with van der Waals surface area (Å²) in [6.45, 7) is 7.51. The van der Waals surface area contributed by atoms with Gasteiger partial charge in [0, 0.05) is 25.0 Å². The lowest BCUT2D eigenvalue weighted by molar-refractivity contribution is -0.136. The number of alkyl halides is 3. The van der Waals surface area contributed by atoms with Gasteiger partial charge in [0.05, 0.1) is 5.75 Å². The quantitative estimate of drug-likeness (QED) is 0.601. The molecule has 1 N–H and O–H groups in total. The SMILES string of the molecule is CC(C)(C)OC(=O)N[C@H]1C[C@H]2C[C@@H]1CN2S(=O)(=O)CC1CCN(CCCC(F)(F)F)CC1. The number of carbonyl (C=O) groups excluding carboxylic acids is 1. The van der Waals surface area contributed by atoms with Gasteiger partial charge in [-0.25, -0.2) is 13.2 Å². The molecule has 11 heteroatoms. The Hall–Kier alpha value is -1.07. The van der Waals surface area contributed by atoms with Crippen LogP contribution in [0.1, 0.15) is 59.3 Å². The normalized spacial score (nSPS) is 28.2. The Morgan fingerprint density at radius 1 is 1.12 bits per heavy atom. The molecular formula is C21H36F3N3O4S. The van der Waals surface area contributed by atoms with Crippen LogP contribution in [0.2, 0.25) is 0 Å². The summed E-state index contributed by atoms with van der Waals surface area (Å²) in [5, 5.41) is 2.89. The van der Waals surface area contributed by atoms with Crippen LogP contribution in [0.15, 0.2) is 0 Å². The summed E-state index contributed by atoms with van der Waals surface area (Å²) in [4.78, 5) is 14.0. The first-order valence-corrected chi connectivity index (χ1v) is 13.1. The number of rotatable bonds is 7. The Labute approximate surface area is 189 Å². The van der Waals surface area contributed by atoms with Crippen molar-refractivity contribution in [1.82, 2.24) is 14.5 Å². The van der Waals surface area contributed by atoms with E-state index in [4.69, 9.17) is 4.74 Å². The number of halogens is 3. The third-order valence-corrected chi connectivity index (χ3v) is 8.69. The molecule has 3 atom stereocenters. The van der Waals surface area contributed by atoms with Crippen molar-refractivity contribution in [2.24, 2.45) is 11.8 Å². The van der Waals surface area contributed by atoms with Crippen molar-refractivity contribution in [3.05, 3.63) is 0 Å². The molecule has 7 nitrogen and oxygen atoms in total. The molecule has 186 valence electrons. The number of piperidine rings is 2. The molecule has 3 fully saturated rings. The fourth-order valence-corrected chi connectivity index (χ4v) is 7.33. The molecule has 0 unspecified atom stereocenters. The molecule has 32 heavy (non-hydrogen) atoms. The maximum absolute atomic E-state index is 13.0. The summed E-state index contributed by atoms with van der Waals surface area (Å²) < 4.78 is 69.9. The number of nitrogens with zero attached hydrogens (tertiary/aromatic N) is 2. The molecule has 2 aliphatic heterocycles. The van der Waals surface area contributed by atoms with Gasteiger partial charge in [0.15, 0.2) is 0 Å². The predicted octanol–water partition coefficient (Wildman–Crippen LogP) is 3.36. The van der Waals surface area contributed by atoms with Crippen molar-refractivity contribution in [2.75, 3.05) is 31.9 Å². The first-order chi connectivity index (χ1) is 14.7. The monoisotopic (exact) mass is 483 g/mol. The Bertz CT molecular complexity index is 761. The van der Waals surface area contributed by atoms with Gasteiger partial charge >= 0.3 is 12.3 Å². The van der Waals surface area contributed by atoms with Gasteiger partial charge in [-0.1, -0.05) is 0 Å². The molecule has 2 saturated heterocycles. The van der Waals surface area contributed by atoms with Crippen molar-refractivity contribution in [2.45, 2.75) is 83.2 Å². The van der Waals surface area contributed by atoms with Gasteiger partial charge in [-0.05, 0) is 84.3 Å². The summed E-state index contributed by atoms with van der Waals surface area (Å²) >= 11 is 0. The highest BCUT2D eigenvalue weighted by molar-refractivity contribution is 7.89. The van der Waals surface area contributed by atoms with E-state index in [1.165, 1.54) is 0 Å². The van der Waals surface area contributed by atoms with Crippen LogP contribution >= 0.6 is 0 Å². The van der Waals surface area contributed by atoms with E-state index in [9.17, 15) is 26.4 Å². The van der Waals surface area contributed by atoms with E-state index < -0.39 is 34.3 Å². The zero-order valence-corrected chi connectivity index (χ0v) is 20.0. The molecule has 2 heterocycles. The van der Waals surface area contributed by atoms with Gasteiger partial charge in [0.2, 0.25) is 10.0 Å². The fourth-order valence-electron chi connectivity index (χ4n) is 5.16. The summed E-state index contributed by atoms with van der Waals surface area (Å²) in [6, 6.07) is -0.159. The van der Waals surface area contributed by atoms with Crippen molar-refractivity contribution in [3.63, 3.8) is 0 Å². The average molecular weight is 484 g/mol. The highest BCUT2D eigenvalue weighted by Crippen LogP contribution is 2.40. The van der Waals surface area contributed by atoms with E-state index in [2.05, 4.69) is 5.32 Å². The largest absolute Gasteiger partial charge is 0.444 e. The minimum Gasteiger partial charge on any atom is -0.444 e. The van der Waals surface area contributed by atoms with E-state index >= 15 is 0 Å². The van der Waals surface area contributed by atoms with Crippen molar-refractivity contribution >= 4 is 16.1 Å². The zero-order chi connectivity index (χ0) is 23.7. The second-order valence-corrected chi connectivity index (χ2v) is 12.5. The number of nitrogens with one attached hydrogen (secondary N) is 1. The van der Waals surface area contributed by atoms with Crippen LogP contribution in [0, 0.1) is 11.8 Å². The first-order valence-electron chi connectivity index (χ1n) is 11.5. The van der Waals surface area contributed by atoms with Gasteiger partial charge < -0.3 is 15.0 Å². The number of ether oxygens (including phenoxy) is 1. The predicted molar refractivity (Wildman–Crippen MR) is 115 cm³/mol. The maximum Gasteiger partial charge on any atom is 0.407 e. The first kappa shape index (κ1) is 25.6. The number of carbonyl (C=O) groups is 1. The number of likely N-dealkylation sites (tertiary alicyclic amines) is 1. The van der Waals surface area contributed by atoms with Crippen LogP contribution in [0.4, 0.5) is 18.0 Å². The minimum absolute atomic E-state index is 0.0358. The van der Waals surface area contributed by atoms with E-state index in [1.807, 2.05) is 4.90 Å². The summed E-state index contributed by atoms with van der Waals surface area (Å²) in [5.74, 6) is 0.225. The molecule has 3 rings (SSSR count). The molecule has 1 aliphatic carbocycles. The lowest BCUT2D eigenvalue weighted by atomic mass is 9.99. The number of sulfonamides is 1. The van der Waals surface area contributed by atoms with Crippen LogP contribution in [0.5, 0.6) is 0 Å². The summed E-state index contributed by atoms with van der Waals surface area (Å²) in [6.07, 6.45) is -2.55. The molecule has 3 aliphatic rings. The number of hydrogen-bond acceptors (Lipinski definition) is 5. The van der Waals surface area contributed by atoms with Crippen molar-refractivity contribution < 1.29 is 31.1 Å². The highest BCUT2D eigenvalue weighted by atomic mass is 32.2. The standard InChI is InChI=1S/C21H36F3N3O4S/c1-20(2,3)31-19(28)25-18-12-17-11-16(18)13-27(17)32(29,30)14-15-5-9-26(10-6-15)8-4-7-21(22,23)24/h15-18H,4-14H2,1-3H3,(H,25,28)/t16-,17-,18+/m1/s1. The third kappa shape index (κ3) is 7.21. The molecule has 0 aromatic carbocycles. The highest BCUT2D eigenvalue weighted by Gasteiger charge is 2.50. The van der Waals surface area contributed by atoms with Crippen LogP contribution in [-0.4, -0.2) is 79.5 Å². The number of hydrogen-bond donors (Lipinski definition) is 1. The summed E-state index contributed by atoms with van der Waals surface area (Å²) in [5.41, 5.74) is -0.578. The van der Waals surface area contributed by atoms with Gasteiger partial charge in [0.25, 0.3) is 0 Å². The lowest BCUT2D eigenvalue weighted by Crippen LogP contribution is -2.49. The molecule has 0 aromatic rings. The van der Waals surface area contributed by atoms with Crippen LogP contribution in [0.25, 0.3) is 0 Å². The molecule has 2 bridgehead atoms. The van der Waals surface area contributed by atoms with E-state index in [0.29, 0.717) is 45.4 Å². The second kappa shape index (κ2) is 9.66. The number of amides is 1. The Kier molecular flexibility index (Phi) is 7.71. The van der Waals surface area contributed by atoms with E-state index in [0.717, 1.165) is 6.42 Å². The lowest BCUT2D eigenvalue weighted by Gasteiger charge is -2.35. The molecule has 0 aromatic heterocycles. The topological polar surface area (TPSA) is 79.0 Å². The van der Waals surface area contributed by atoms with Crippen LogP contribution < -0.4 is 5.32 Å². The number of fused-ring (bicyclic) bond motifs is 2. The maximum atomic E-state index is 13.0. The molecule has 0 spiro atoms. The smallest absolute Gasteiger partial charge is 0.407 e. The van der Waals surface area contributed by atoms with Crippen LogP contribution in [-0.2, 0) is 14.8 Å². The van der Waals surface area contributed by atoms with Crippen LogP contribution in [0.3, 0.4) is 0 Å².